The highest BCUT2D eigenvalue weighted by Gasteiger charge is 2.30. The van der Waals surface area contributed by atoms with Crippen LogP contribution in [0.2, 0.25) is 0 Å². The van der Waals surface area contributed by atoms with Gasteiger partial charge in [0.2, 0.25) is 0 Å². The minimum atomic E-state index is -1.20. The van der Waals surface area contributed by atoms with Gasteiger partial charge in [-0.25, -0.2) is 4.39 Å². The first kappa shape index (κ1) is 29.5. The predicted molar refractivity (Wildman–Crippen MR) is 158 cm³/mol. The van der Waals surface area contributed by atoms with E-state index in [2.05, 4.69) is 11.9 Å². The molecule has 1 amide bonds. The van der Waals surface area contributed by atoms with Crippen LogP contribution in [0, 0.1) is 5.82 Å². The summed E-state index contributed by atoms with van der Waals surface area (Å²) in [6, 6.07) is 24.5. The van der Waals surface area contributed by atoms with Crippen molar-refractivity contribution in [2.24, 2.45) is 0 Å². The van der Waals surface area contributed by atoms with Crippen molar-refractivity contribution in [1.29, 1.82) is 0 Å². The van der Waals surface area contributed by atoms with Crippen LogP contribution in [0.25, 0.3) is 28.0 Å². The number of carboxylic acids is 1. The number of nitrogens with zero attached hydrogens (tertiary/aromatic N) is 1. The van der Waals surface area contributed by atoms with Gasteiger partial charge in [-0.2, -0.15) is 0 Å². The second-order valence-corrected chi connectivity index (χ2v) is 10.0. The molecule has 0 fully saturated rings. The molecule has 0 unspecified atom stereocenters. The van der Waals surface area contributed by atoms with Gasteiger partial charge in [0.25, 0.3) is 5.91 Å². The van der Waals surface area contributed by atoms with Gasteiger partial charge in [-0.1, -0.05) is 55.1 Å². The molecule has 0 radical (unpaired) electrons. The Kier molecular flexibility index (Phi) is 9.49. The molecule has 7 nitrogen and oxygen atoms in total. The van der Waals surface area contributed by atoms with Crippen molar-refractivity contribution in [2.75, 3.05) is 5.32 Å². The highest BCUT2D eigenvalue weighted by atomic mass is 19.1. The van der Waals surface area contributed by atoms with Crippen molar-refractivity contribution >= 4 is 23.1 Å². The fourth-order valence-corrected chi connectivity index (χ4v) is 5.01. The normalized spacial score (nSPS) is 12.5. The van der Waals surface area contributed by atoms with Crippen molar-refractivity contribution < 1.29 is 29.3 Å². The Morgan fingerprint density at radius 2 is 1.51 bits per heavy atom. The molecule has 4 N–H and O–H groups in total. The zero-order valence-electron chi connectivity index (χ0n) is 22.8. The van der Waals surface area contributed by atoms with Gasteiger partial charge >= 0.3 is 5.97 Å². The molecule has 4 aromatic rings. The van der Waals surface area contributed by atoms with Crippen molar-refractivity contribution in [2.45, 2.75) is 44.9 Å². The maximum atomic E-state index is 14.0. The highest BCUT2D eigenvalue weighted by Crippen LogP contribution is 2.42. The molecule has 0 spiro atoms. The lowest BCUT2D eigenvalue weighted by atomic mass is 9.95. The lowest BCUT2D eigenvalue weighted by Crippen LogP contribution is -2.22. The fourth-order valence-electron chi connectivity index (χ4n) is 5.01. The van der Waals surface area contributed by atoms with Gasteiger partial charge in [-0.3, -0.25) is 9.59 Å². The number of allylic oxidation sites excluding steroid dienone is 1. The number of benzene rings is 3. The molecule has 212 valence electrons. The lowest BCUT2D eigenvalue weighted by molar-refractivity contribution is -0.139. The average Bonchev–Trinajstić information content (AvgIpc) is 3.28. The number of carboxylic acid groups (broad SMARTS) is 1. The van der Waals surface area contributed by atoms with Crippen LogP contribution >= 0.6 is 0 Å². The Balaban J connectivity index is 1.90. The summed E-state index contributed by atoms with van der Waals surface area (Å²) in [5, 5.41) is 32.7. The number of aliphatic hydroxyl groups is 2. The molecule has 8 heteroatoms. The largest absolute Gasteiger partial charge is 0.481 e. The van der Waals surface area contributed by atoms with Crippen LogP contribution in [-0.2, 0) is 11.3 Å². The third-order valence-corrected chi connectivity index (χ3v) is 6.75. The molecule has 0 aliphatic heterocycles. The number of aromatic nitrogens is 1. The number of carbonyl (C=O) groups excluding carboxylic acids is 1. The van der Waals surface area contributed by atoms with E-state index in [1.807, 2.05) is 53.1 Å². The summed E-state index contributed by atoms with van der Waals surface area (Å²) in [6.45, 7) is 6.18. The van der Waals surface area contributed by atoms with Gasteiger partial charge in [0.15, 0.2) is 0 Å². The van der Waals surface area contributed by atoms with E-state index in [0.717, 1.165) is 5.56 Å². The van der Waals surface area contributed by atoms with Crippen LogP contribution in [0.4, 0.5) is 10.1 Å². The first-order valence-corrected chi connectivity index (χ1v) is 13.3. The Morgan fingerprint density at radius 3 is 2.10 bits per heavy atom. The topological polar surface area (TPSA) is 112 Å². The Labute approximate surface area is 238 Å². The quantitative estimate of drug-likeness (QED) is 0.165. The van der Waals surface area contributed by atoms with Gasteiger partial charge in [0, 0.05) is 17.8 Å². The number of halogens is 1. The fraction of sp³-hybridized carbons (Fsp3) is 0.212. The molecule has 3 aromatic carbocycles. The zero-order valence-corrected chi connectivity index (χ0v) is 22.8. The monoisotopic (exact) mass is 556 g/mol. The van der Waals surface area contributed by atoms with Crippen LogP contribution in [0.3, 0.4) is 0 Å². The lowest BCUT2D eigenvalue weighted by Gasteiger charge is -2.19. The third-order valence-electron chi connectivity index (χ3n) is 6.75. The zero-order chi connectivity index (χ0) is 29.5. The van der Waals surface area contributed by atoms with E-state index in [1.165, 1.54) is 12.1 Å². The van der Waals surface area contributed by atoms with Gasteiger partial charge in [-0.15, -0.1) is 0 Å². The maximum Gasteiger partial charge on any atom is 0.305 e. The summed E-state index contributed by atoms with van der Waals surface area (Å²) in [5.41, 5.74) is 4.85. The van der Waals surface area contributed by atoms with Gasteiger partial charge < -0.3 is 25.2 Å². The second kappa shape index (κ2) is 13.2. The number of aliphatic carboxylic acids is 1. The maximum absolute atomic E-state index is 14.0. The van der Waals surface area contributed by atoms with E-state index in [9.17, 15) is 24.2 Å². The molecule has 0 saturated carbocycles. The van der Waals surface area contributed by atoms with E-state index in [0.29, 0.717) is 39.3 Å². The molecular formula is C33H33FN2O5. The van der Waals surface area contributed by atoms with Crippen LogP contribution in [0.5, 0.6) is 0 Å². The molecule has 1 heterocycles. The summed E-state index contributed by atoms with van der Waals surface area (Å²) < 4.78 is 15.9. The third kappa shape index (κ3) is 7.16. The first-order valence-electron chi connectivity index (χ1n) is 13.3. The highest BCUT2D eigenvalue weighted by molar-refractivity contribution is 6.14. The number of para-hydroxylation sites is 1. The van der Waals surface area contributed by atoms with E-state index >= 15 is 0 Å². The van der Waals surface area contributed by atoms with Crippen molar-refractivity contribution in [3.8, 4) is 22.4 Å². The van der Waals surface area contributed by atoms with Gasteiger partial charge in [-0.05, 0) is 72.9 Å². The summed E-state index contributed by atoms with van der Waals surface area (Å²) >= 11 is 0. The molecule has 4 rings (SSSR count). The Morgan fingerprint density at radius 1 is 0.902 bits per heavy atom. The smallest absolute Gasteiger partial charge is 0.305 e. The molecule has 0 aliphatic rings. The predicted octanol–water partition coefficient (Wildman–Crippen LogP) is 6.22. The molecule has 1 aromatic heterocycles. The Hall–Kier alpha value is -4.53. The number of rotatable bonds is 12. The molecule has 0 aliphatic carbocycles. The second-order valence-electron chi connectivity index (χ2n) is 10.0. The molecule has 2 atom stereocenters. The minimum absolute atomic E-state index is 0.116. The summed E-state index contributed by atoms with van der Waals surface area (Å²) in [7, 11) is 0. The number of carbonyl (C=O) groups is 2. The first-order chi connectivity index (χ1) is 19.7. The van der Waals surface area contributed by atoms with E-state index < -0.39 is 30.4 Å². The minimum Gasteiger partial charge on any atom is -0.481 e. The summed E-state index contributed by atoms with van der Waals surface area (Å²) in [6.07, 6.45) is -2.63. The van der Waals surface area contributed by atoms with Crippen LogP contribution < -0.4 is 5.32 Å². The molecular weight excluding hydrogens is 523 g/mol. The van der Waals surface area contributed by atoms with Crippen LogP contribution in [0.1, 0.15) is 42.2 Å². The van der Waals surface area contributed by atoms with E-state index in [1.54, 1.807) is 31.2 Å². The SMILES string of the molecule is C=C(C)c1c(C(=O)Nc2ccccc2)c(-c2ccccc2)c(-c2ccc(F)cc2)n1CC[C@@H](O)C[C@@H](O)CC(=O)O. The number of hydrogen-bond donors (Lipinski definition) is 4. The summed E-state index contributed by atoms with van der Waals surface area (Å²) in [5.74, 6) is -1.91. The Bertz CT molecular complexity index is 1510. The van der Waals surface area contributed by atoms with E-state index in [4.69, 9.17) is 5.11 Å². The van der Waals surface area contributed by atoms with Crippen molar-refractivity contribution in [1.82, 2.24) is 4.57 Å². The van der Waals surface area contributed by atoms with Crippen molar-refractivity contribution in [3.63, 3.8) is 0 Å². The average molecular weight is 557 g/mol. The number of aliphatic hydroxyl groups excluding tert-OH is 2. The standard InChI is InChI=1S/C33H33FN2O5/c1-21(2)31-30(33(41)35-25-11-7-4-8-12-25)29(22-9-5-3-6-10-22)32(23-13-15-24(34)16-14-23)36(31)18-17-26(37)19-27(38)20-28(39)40/h3-16,26-27,37-38H,1,17-20H2,2H3,(H,35,41)(H,39,40)/t26-,27-/m1/s1. The van der Waals surface area contributed by atoms with Crippen molar-refractivity contribution in [3.05, 3.63) is 109 Å². The molecule has 0 bridgehead atoms. The number of nitrogens with one attached hydrogen (secondary N) is 1. The van der Waals surface area contributed by atoms with E-state index in [-0.39, 0.29) is 25.3 Å². The van der Waals surface area contributed by atoms with Gasteiger partial charge in [0.1, 0.15) is 5.82 Å². The molecule has 0 saturated heterocycles. The van der Waals surface area contributed by atoms with Crippen LogP contribution in [0.15, 0.2) is 91.5 Å². The number of anilines is 1. The van der Waals surface area contributed by atoms with Gasteiger partial charge in [0.05, 0.1) is 35.6 Å². The van der Waals surface area contributed by atoms with Crippen LogP contribution in [-0.4, -0.2) is 44.0 Å². The summed E-state index contributed by atoms with van der Waals surface area (Å²) in [4.78, 5) is 25.0. The number of amides is 1. The number of hydrogen-bond acceptors (Lipinski definition) is 4. The molecule has 41 heavy (non-hydrogen) atoms.